The summed E-state index contributed by atoms with van der Waals surface area (Å²) in [5.74, 6) is 0.751. The topological polar surface area (TPSA) is 112 Å². The van der Waals surface area contributed by atoms with Crippen LogP contribution in [0.3, 0.4) is 0 Å². The summed E-state index contributed by atoms with van der Waals surface area (Å²) in [6.07, 6.45) is 2.50. The minimum atomic E-state index is -3.73. The number of rotatable bonds is 8. The molecule has 2 atom stereocenters. The molecule has 0 aliphatic heterocycles. The summed E-state index contributed by atoms with van der Waals surface area (Å²) in [5, 5.41) is 9.34. The normalized spacial score (nSPS) is 20.0. The number of carbonyl (C=O) groups excluding carboxylic acids is 1. The van der Waals surface area contributed by atoms with Crippen LogP contribution in [0.25, 0.3) is 0 Å². The Morgan fingerprint density at radius 3 is 2.36 bits per heavy atom. The number of nitrogens with one attached hydrogen (secondary N) is 4. The highest BCUT2D eigenvalue weighted by Crippen LogP contribution is 2.43. The number of amides is 1. The smallest absolute Gasteiger partial charge is 0.240 e. The molecule has 1 aromatic heterocycles. The van der Waals surface area contributed by atoms with Crippen LogP contribution in [0.4, 0.5) is 17.2 Å². The maximum absolute atomic E-state index is 13.2. The van der Waals surface area contributed by atoms with Gasteiger partial charge in [0, 0.05) is 43.9 Å². The lowest BCUT2D eigenvalue weighted by Crippen LogP contribution is -2.48. The van der Waals surface area contributed by atoms with Crippen LogP contribution >= 0.6 is 0 Å². The Hall–Kier alpha value is -2.65. The van der Waals surface area contributed by atoms with Gasteiger partial charge in [0.1, 0.15) is 5.82 Å². The molecule has 1 amide bonds. The van der Waals surface area contributed by atoms with Crippen LogP contribution in [0.5, 0.6) is 0 Å². The molecule has 1 aliphatic rings. The molecule has 1 aliphatic carbocycles. The highest BCUT2D eigenvalue weighted by molar-refractivity contribution is 7.89. The van der Waals surface area contributed by atoms with E-state index in [2.05, 4.69) is 67.4 Å². The average Bonchev–Trinajstić information content (AvgIpc) is 2.78. The molecule has 1 fully saturated rings. The Balaban J connectivity index is 1.77. The van der Waals surface area contributed by atoms with Gasteiger partial charge in [0.15, 0.2) is 0 Å². The number of benzene rings is 1. The highest BCUT2D eigenvalue weighted by Gasteiger charge is 2.39. The van der Waals surface area contributed by atoms with Crippen molar-refractivity contribution in [3.8, 4) is 0 Å². The van der Waals surface area contributed by atoms with Crippen molar-refractivity contribution in [3.05, 3.63) is 42.1 Å². The molecular formula is C27H41N5O3S. The standard InChI is InChI=1S/C27H41N5O3S/c1-18(33)30-20-8-10-21(11-9-20)36(34,35)32-24-16-19(14-15-27(24,5)6)22-12-13-23(25(28-7)31-22)29-17-26(2,3)4/h8-13,19,24,29,32H,14-17H2,1-7H3,(H,28,31)(H,30,33). The van der Waals surface area contributed by atoms with E-state index in [0.29, 0.717) is 12.1 Å². The molecule has 0 saturated heterocycles. The lowest BCUT2D eigenvalue weighted by molar-refractivity contribution is -0.114. The van der Waals surface area contributed by atoms with Gasteiger partial charge in [-0.05, 0) is 66.5 Å². The lowest BCUT2D eigenvalue weighted by Gasteiger charge is -2.42. The lowest BCUT2D eigenvalue weighted by atomic mass is 9.69. The fraction of sp³-hybridized carbons (Fsp3) is 0.556. The number of carbonyl (C=O) groups is 1. The minimum absolute atomic E-state index is 0.146. The zero-order valence-electron chi connectivity index (χ0n) is 22.5. The first-order valence-electron chi connectivity index (χ1n) is 12.5. The molecule has 1 aromatic carbocycles. The van der Waals surface area contributed by atoms with E-state index in [-0.39, 0.29) is 33.6 Å². The molecule has 3 rings (SSSR count). The van der Waals surface area contributed by atoms with Crippen molar-refractivity contribution in [2.24, 2.45) is 10.8 Å². The number of sulfonamides is 1. The quantitative estimate of drug-likeness (QED) is 0.385. The van der Waals surface area contributed by atoms with Crippen LogP contribution in [0.15, 0.2) is 41.3 Å². The SMILES string of the molecule is CNc1nc(C2CCC(C)(C)C(NS(=O)(=O)c3ccc(NC(C)=O)cc3)C2)ccc1NCC(C)(C)C. The summed E-state index contributed by atoms with van der Waals surface area (Å²) in [6, 6.07) is 10.1. The fourth-order valence-electron chi connectivity index (χ4n) is 4.49. The second-order valence-electron chi connectivity index (χ2n) is 11.6. The third-order valence-corrected chi connectivity index (χ3v) is 8.25. The van der Waals surface area contributed by atoms with Crippen LogP contribution in [0, 0.1) is 10.8 Å². The Morgan fingerprint density at radius 2 is 1.78 bits per heavy atom. The molecular weight excluding hydrogens is 474 g/mol. The third kappa shape index (κ3) is 7.20. The van der Waals surface area contributed by atoms with Gasteiger partial charge >= 0.3 is 0 Å². The summed E-state index contributed by atoms with van der Waals surface area (Å²) < 4.78 is 29.4. The maximum Gasteiger partial charge on any atom is 0.240 e. The summed E-state index contributed by atoms with van der Waals surface area (Å²) in [6.45, 7) is 13.0. The second-order valence-corrected chi connectivity index (χ2v) is 13.3. The van der Waals surface area contributed by atoms with E-state index in [4.69, 9.17) is 4.98 Å². The third-order valence-electron chi connectivity index (χ3n) is 6.76. The molecule has 1 heterocycles. The number of hydrogen-bond donors (Lipinski definition) is 4. The Kier molecular flexibility index (Phi) is 8.35. The summed E-state index contributed by atoms with van der Waals surface area (Å²) in [4.78, 5) is 16.3. The Bertz CT molecular complexity index is 1170. The zero-order chi connectivity index (χ0) is 26.7. The van der Waals surface area contributed by atoms with Crippen LogP contribution in [-0.2, 0) is 14.8 Å². The van der Waals surface area contributed by atoms with Crippen molar-refractivity contribution in [1.82, 2.24) is 9.71 Å². The molecule has 0 spiro atoms. The molecule has 0 bridgehead atoms. The molecule has 8 nitrogen and oxygen atoms in total. The molecule has 9 heteroatoms. The van der Waals surface area contributed by atoms with E-state index in [0.717, 1.165) is 36.6 Å². The largest absolute Gasteiger partial charge is 0.382 e. The number of pyridine rings is 1. The number of hydrogen-bond acceptors (Lipinski definition) is 6. The van der Waals surface area contributed by atoms with E-state index in [1.807, 2.05) is 7.05 Å². The number of anilines is 3. The van der Waals surface area contributed by atoms with Gasteiger partial charge in [-0.25, -0.2) is 18.1 Å². The average molecular weight is 516 g/mol. The number of aromatic nitrogens is 1. The first-order chi connectivity index (χ1) is 16.7. The predicted molar refractivity (Wildman–Crippen MR) is 147 cm³/mol. The molecule has 0 radical (unpaired) electrons. The van der Waals surface area contributed by atoms with Gasteiger partial charge in [-0.2, -0.15) is 0 Å². The summed E-state index contributed by atoms with van der Waals surface area (Å²) in [7, 11) is -1.86. The Labute approximate surface area is 216 Å². The molecule has 198 valence electrons. The van der Waals surface area contributed by atoms with E-state index >= 15 is 0 Å². The summed E-state index contributed by atoms with van der Waals surface area (Å²) >= 11 is 0. The first kappa shape index (κ1) is 27.9. The van der Waals surface area contributed by atoms with E-state index in [9.17, 15) is 13.2 Å². The van der Waals surface area contributed by atoms with Gasteiger partial charge in [-0.3, -0.25) is 4.79 Å². The van der Waals surface area contributed by atoms with Gasteiger partial charge in [0.05, 0.1) is 10.6 Å². The van der Waals surface area contributed by atoms with Gasteiger partial charge in [-0.1, -0.05) is 34.6 Å². The second kappa shape index (κ2) is 10.8. The van der Waals surface area contributed by atoms with Crippen molar-refractivity contribution in [1.29, 1.82) is 0 Å². The molecule has 2 aromatic rings. The van der Waals surface area contributed by atoms with E-state index in [1.54, 1.807) is 12.1 Å². The first-order valence-corrected chi connectivity index (χ1v) is 14.0. The van der Waals surface area contributed by atoms with Crippen molar-refractivity contribution >= 4 is 33.1 Å². The van der Waals surface area contributed by atoms with Crippen molar-refractivity contribution in [2.45, 2.75) is 77.7 Å². The van der Waals surface area contributed by atoms with Gasteiger partial charge in [0.2, 0.25) is 15.9 Å². The number of nitrogens with zero attached hydrogens (tertiary/aromatic N) is 1. The predicted octanol–water partition coefficient (Wildman–Crippen LogP) is 5.18. The molecule has 1 saturated carbocycles. The van der Waals surface area contributed by atoms with Crippen molar-refractivity contribution in [2.75, 3.05) is 29.5 Å². The van der Waals surface area contributed by atoms with Crippen molar-refractivity contribution < 1.29 is 13.2 Å². The summed E-state index contributed by atoms with van der Waals surface area (Å²) in [5.41, 5.74) is 2.45. The van der Waals surface area contributed by atoms with Crippen LogP contribution < -0.4 is 20.7 Å². The van der Waals surface area contributed by atoms with Gasteiger partial charge in [-0.15, -0.1) is 0 Å². The monoisotopic (exact) mass is 515 g/mol. The molecule has 4 N–H and O–H groups in total. The van der Waals surface area contributed by atoms with Crippen LogP contribution in [-0.4, -0.2) is 38.9 Å². The zero-order valence-corrected chi connectivity index (χ0v) is 23.3. The van der Waals surface area contributed by atoms with Crippen molar-refractivity contribution in [3.63, 3.8) is 0 Å². The van der Waals surface area contributed by atoms with E-state index < -0.39 is 10.0 Å². The Morgan fingerprint density at radius 1 is 1.11 bits per heavy atom. The fourth-order valence-corrected chi connectivity index (χ4v) is 5.91. The molecule has 2 unspecified atom stereocenters. The minimum Gasteiger partial charge on any atom is -0.382 e. The maximum atomic E-state index is 13.2. The molecule has 36 heavy (non-hydrogen) atoms. The van der Waals surface area contributed by atoms with E-state index in [1.165, 1.54) is 19.1 Å². The van der Waals surface area contributed by atoms with Gasteiger partial charge < -0.3 is 16.0 Å². The highest BCUT2D eigenvalue weighted by atomic mass is 32.2. The van der Waals surface area contributed by atoms with Gasteiger partial charge in [0.25, 0.3) is 0 Å². The van der Waals surface area contributed by atoms with Crippen LogP contribution in [0.1, 0.15) is 72.4 Å². The van der Waals surface area contributed by atoms with Crippen LogP contribution in [0.2, 0.25) is 0 Å².